The highest BCUT2D eigenvalue weighted by molar-refractivity contribution is 7.89. The Bertz CT molecular complexity index is 858. The summed E-state index contributed by atoms with van der Waals surface area (Å²) in [5.74, 6) is -0.543. The molecule has 0 spiro atoms. The second kappa shape index (κ2) is 8.03. The average molecular weight is 347 g/mol. The number of rotatable bonds is 6. The third-order valence-corrected chi connectivity index (χ3v) is 5.36. The molecule has 0 N–H and O–H groups in total. The van der Waals surface area contributed by atoms with Crippen molar-refractivity contribution >= 4 is 15.9 Å². The maximum Gasteiger partial charge on any atom is 0.262 e. The van der Waals surface area contributed by atoms with E-state index >= 15 is 0 Å². The lowest BCUT2D eigenvalue weighted by Gasteiger charge is -2.13. The summed E-state index contributed by atoms with van der Waals surface area (Å²) < 4.78 is 26.3. The molecular formula is C17H21N3O3S. The van der Waals surface area contributed by atoms with E-state index in [1.807, 2.05) is 47.2 Å². The maximum atomic E-state index is 12.1. The van der Waals surface area contributed by atoms with E-state index in [2.05, 4.69) is 4.99 Å². The minimum absolute atomic E-state index is 0.0455. The molecule has 1 heterocycles. The quantitative estimate of drug-likeness (QED) is 0.789. The number of nitrogens with zero attached hydrogens (tertiary/aromatic N) is 3. The van der Waals surface area contributed by atoms with E-state index in [1.54, 1.807) is 19.1 Å². The minimum Gasteiger partial charge on any atom is -0.328 e. The third kappa shape index (κ3) is 4.87. The highest BCUT2D eigenvalue weighted by atomic mass is 32.2. The molecule has 0 aliphatic heterocycles. The Balaban J connectivity index is 2.22. The molecule has 0 saturated carbocycles. The monoisotopic (exact) mass is 347 g/mol. The van der Waals surface area contributed by atoms with Gasteiger partial charge in [-0.1, -0.05) is 36.4 Å². The molecule has 1 aromatic carbocycles. The van der Waals surface area contributed by atoms with Crippen LogP contribution >= 0.6 is 0 Å². The van der Waals surface area contributed by atoms with Crippen molar-refractivity contribution in [2.24, 2.45) is 4.99 Å². The predicted molar refractivity (Wildman–Crippen MR) is 92.6 cm³/mol. The number of aromatic nitrogens is 1. The van der Waals surface area contributed by atoms with Crippen LogP contribution in [0.25, 0.3) is 0 Å². The van der Waals surface area contributed by atoms with Crippen LogP contribution in [0.1, 0.15) is 12.5 Å². The third-order valence-electron chi connectivity index (χ3n) is 3.55. The second-order valence-corrected chi connectivity index (χ2v) is 7.70. The Kier molecular flexibility index (Phi) is 6.05. The topological polar surface area (TPSA) is 71.7 Å². The van der Waals surface area contributed by atoms with Crippen molar-refractivity contribution in [2.45, 2.75) is 13.5 Å². The van der Waals surface area contributed by atoms with Gasteiger partial charge in [0.25, 0.3) is 5.91 Å². The fraction of sp³-hybridized carbons (Fsp3) is 0.294. The fourth-order valence-electron chi connectivity index (χ4n) is 2.15. The van der Waals surface area contributed by atoms with Crippen LogP contribution in [-0.4, -0.2) is 42.5 Å². The van der Waals surface area contributed by atoms with Gasteiger partial charge in [-0.3, -0.25) is 4.79 Å². The minimum atomic E-state index is -3.40. The zero-order chi connectivity index (χ0) is 17.6. The Hall–Kier alpha value is -2.25. The van der Waals surface area contributed by atoms with Gasteiger partial charge in [-0.2, -0.15) is 9.30 Å². The number of hydrogen-bond acceptors (Lipinski definition) is 3. The van der Waals surface area contributed by atoms with Gasteiger partial charge in [0, 0.05) is 19.8 Å². The number of benzene rings is 1. The van der Waals surface area contributed by atoms with Crippen molar-refractivity contribution in [1.82, 2.24) is 8.87 Å². The normalized spacial score (nSPS) is 12.5. The SMILES string of the molecule is CCS(=O)(=O)N(C)CC(=O)N=c1ccccn1Cc1ccccc1. The fourth-order valence-corrected chi connectivity index (χ4v) is 2.90. The Labute approximate surface area is 142 Å². The summed E-state index contributed by atoms with van der Waals surface area (Å²) in [5.41, 5.74) is 1.58. The van der Waals surface area contributed by atoms with E-state index < -0.39 is 15.9 Å². The van der Waals surface area contributed by atoms with E-state index in [0.29, 0.717) is 12.0 Å². The maximum absolute atomic E-state index is 12.1. The number of likely N-dealkylation sites (N-methyl/N-ethyl adjacent to an activating group) is 1. The zero-order valence-corrected chi connectivity index (χ0v) is 14.6. The highest BCUT2D eigenvalue weighted by Crippen LogP contribution is 2.01. The predicted octanol–water partition coefficient (Wildman–Crippen LogP) is 1.25. The number of hydrogen-bond donors (Lipinski definition) is 0. The first-order chi connectivity index (χ1) is 11.4. The Morgan fingerprint density at radius 1 is 1.12 bits per heavy atom. The van der Waals surface area contributed by atoms with E-state index in [0.717, 1.165) is 9.87 Å². The van der Waals surface area contributed by atoms with Crippen LogP contribution in [0.2, 0.25) is 0 Å². The van der Waals surface area contributed by atoms with Crippen molar-refractivity contribution in [1.29, 1.82) is 0 Å². The average Bonchev–Trinajstić information content (AvgIpc) is 2.57. The molecule has 1 amide bonds. The molecule has 0 atom stereocenters. The molecule has 1 aromatic heterocycles. The molecule has 0 fully saturated rings. The molecule has 6 nitrogen and oxygen atoms in total. The van der Waals surface area contributed by atoms with Crippen molar-refractivity contribution in [3.63, 3.8) is 0 Å². The molecular weight excluding hydrogens is 326 g/mol. The van der Waals surface area contributed by atoms with Crippen molar-refractivity contribution in [2.75, 3.05) is 19.3 Å². The van der Waals surface area contributed by atoms with E-state index in [9.17, 15) is 13.2 Å². The van der Waals surface area contributed by atoms with Gasteiger partial charge in [-0.25, -0.2) is 8.42 Å². The van der Waals surface area contributed by atoms with Crippen molar-refractivity contribution in [3.05, 3.63) is 65.8 Å². The summed E-state index contributed by atoms with van der Waals surface area (Å²) >= 11 is 0. The lowest BCUT2D eigenvalue weighted by atomic mass is 10.2. The summed E-state index contributed by atoms with van der Waals surface area (Å²) in [6.07, 6.45) is 1.84. The van der Waals surface area contributed by atoms with Crippen LogP contribution in [0, 0.1) is 0 Å². The Morgan fingerprint density at radius 2 is 1.79 bits per heavy atom. The van der Waals surface area contributed by atoms with Gasteiger partial charge in [-0.15, -0.1) is 0 Å². The van der Waals surface area contributed by atoms with Crippen LogP contribution in [0.4, 0.5) is 0 Å². The first-order valence-corrected chi connectivity index (χ1v) is 9.24. The van der Waals surface area contributed by atoms with Gasteiger partial charge >= 0.3 is 0 Å². The van der Waals surface area contributed by atoms with Crippen molar-refractivity contribution < 1.29 is 13.2 Å². The molecule has 0 unspecified atom stereocenters. The van der Waals surface area contributed by atoms with Gasteiger partial charge in [-0.05, 0) is 24.6 Å². The summed E-state index contributed by atoms with van der Waals surface area (Å²) in [7, 11) is -2.01. The highest BCUT2D eigenvalue weighted by Gasteiger charge is 2.17. The molecule has 0 radical (unpaired) electrons. The van der Waals surface area contributed by atoms with Crippen LogP contribution in [0.5, 0.6) is 0 Å². The molecule has 128 valence electrons. The second-order valence-electron chi connectivity index (χ2n) is 5.33. The van der Waals surface area contributed by atoms with E-state index in [-0.39, 0.29) is 12.3 Å². The Morgan fingerprint density at radius 3 is 2.46 bits per heavy atom. The molecule has 0 aliphatic rings. The summed E-state index contributed by atoms with van der Waals surface area (Å²) in [6, 6.07) is 15.2. The summed E-state index contributed by atoms with van der Waals surface area (Å²) in [4.78, 5) is 16.2. The lowest BCUT2D eigenvalue weighted by molar-refractivity contribution is -0.118. The van der Waals surface area contributed by atoms with Gasteiger partial charge in [0.2, 0.25) is 10.0 Å². The number of carbonyl (C=O) groups excluding carboxylic acids is 1. The first kappa shape index (κ1) is 18.1. The molecule has 0 aliphatic carbocycles. The standard InChI is InChI=1S/C17H21N3O3S/c1-3-24(22,23)19(2)14-17(21)18-16-11-7-8-12-20(16)13-15-9-5-4-6-10-15/h4-12H,3,13-14H2,1-2H3. The molecule has 0 bridgehead atoms. The van der Waals surface area contributed by atoms with Crippen LogP contribution < -0.4 is 5.49 Å². The smallest absolute Gasteiger partial charge is 0.262 e. The van der Waals surface area contributed by atoms with E-state index in [1.165, 1.54) is 7.05 Å². The number of carbonyl (C=O) groups is 1. The summed E-state index contributed by atoms with van der Waals surface area (Å²) in [5, 5.41) is 0. The number of sulfonamides is 1. The van der Waals surface area contributed by atoms with Crippen LogP contribution in [0.15, 0.2) is 59.7 Å². The zero-order valence-electron chi connectivity index (χ0n) is 13.8. The number of pyridine rings is 1. The molecule has 0 saturated heterocycles. The molecule has 24 heavy (non-hydrogen) atoms. The van der Waals surface area contributed by atoms with Crippen molar-refractivity contribution in [3.8, 4) is 0 Å². The van der Waals surface area contributed by atoms with Crippen LogP contribution in [0.3, 0.4) is 0 Å². The van der Waals surface area contributed by atoms with E-state index in [4.69, 9.17) is 0 Å². The molecule has 7 heteroatoms. The van der Waals surface area contributed by atoms with Gasteiger partial charge in [0.15, 0.2) is 0 Å². The largest absolute Gasteiger partial charge is 0.328 e. The molecule has 2 rings (SSSR count). The first-order valence-electron chi connectivity index (χ1n) is 7.63. The van der Waals surface area contributed by atoms with Gasteiger partial charge in [0.05, 0.1) is 12.3 Å². The van der Waals surface area contributed by atoms with Gasteiger partial charge < -0.3 is 4.57 Å². The summed E-state index contributed by atoms with van der Waals surface area (Å²) in [6.45, 7) is 1.85. The van der Waals surface area contributed by atoms with Crippen LogP contribution in [-0.2, 0) is 21.4 Å². The molecule has 2 aromatic rings. The number of amides is 1. The lowest BCUT2D eigenvalue weighted by Crippen LogP contribution is -2.34. The van der Waals surface area contributed by atoms with Gasteiger partial charge in [0.1, 0.15) is 5.49 Å².